The number of sulfone groups is 1. The van der Waals surface area contributed by atoms with E-state index in [9.17, 15) is 8.42 Å². The molecule has 4 heteroatoms. The standard InChI is InChI=1S/C13H27NO2S/c1-12(9-7-11-17(5,15)16)8-6-10-14-13(2,3)4/h8,14H,6-7,9-11H2,1-5H3. The van der Waals surface area contributed by atoms with E-state index in [-0.39, 0.29) is 5.54 Å². The molecule has 0 aromatic rings. The second kappa shape index (κ2) is 7.17. The Morgan fingerprint density at radius 2 is 1.88 bits per heavy atom. The monoisotopic (exact) mass is 261 g/mol. The summed E-state index contributed by atoms with van der Waals surface area (Å²) in [7, 11) is -2.80. The van der Waals surface area contributed by atoms with Gasteiger partial charge in [-0.1, -0.05) is 11.6 Å². The zero-order chi connectivity index (χ0) is 13.5. The molecule has 0 aliphatic heterocycles. The van der Waals surface area contributed by atoms with Crippen molar-refractivity contribution in [2.24, 2.45) is 0 Å². The Hall–Kier alpha value is -0.350. The first-order valence-corrected chi connectivity index (χ1v) is 8.24. The van der Waals surface area contributed by atoms with Crippen LogP contribution in [0.3, 0.4) is 0 Å². The molecule has 0 aromatic heterocycles. The maximum Gasteiger partial charge on any atom is 0.147 e. The molecular weight excluding hydrogens is 234 g/mol. The van der Waals surface area contributed by atoms with Crippen LogP contribution in [-0.4, -0.2) is 32.5 Å². The van der Waals surface area contributed by atoms with Crippen molar-refractivity contribution in [2.75, 3.05) is 18.6 Å². The van der Waals surface area contributed by atoms with Crippen molar-refractivity contribution in [2.45, 2.75) is 52.5 Å². The average Bonchev–Trinajstić information content (AvgIpc) is 2.09. The predicted molar refractivity (Wildman–Crippen MR) is 75.1 cm³/mol. The minimum Gasteiger partial charge on any atom is -0.312 e. The third-order valence-electron chi connectivity index (χ3n) is 2.38. The van der Waals surface area contributed by atoms with Gasteiger partial charge in [-0.05, 0) is 53.5 Å². The summed E-state index contributed by atoms with van der Waals surface area (Å²) in [6.45, 7) is 9.48. The molecule has 0 amide bonds. The fourth-order valence-corrected chi connectivity index (χ4v) is 2.15. The van der Waals surface area contributed by atoms with Crippen LogP contribution in [0.25, 0.3) is 0 Å². The van der Waals surface area contributed by atoms with E-state index in [1.54, 1.807) is 0 Å². The molecule has 0 atom stereocenters. The molecule has 0 bridgehead atoms. The average molecular weight is 261 g/mol. The number of allylic oxidation sites excluding steroid dienone is 1. The molecule has 0 spiro atoms. The zero-order valence-corrected chi connectivity index (χ0v) is 12.7. The van der Waals surface area contributed by atoms with Gasteiger partial charge in [-0.3, -0.25) is 0 Å². The van der Waals surface area contributed by atoms with Crippen molar-refractivity contribution in [3.05, 3.63) is 11.6 Å². The van der Waals surface area contributed by atoms with Crippen LogP contribution in [0.5, 0.6) is 0 Å². The maximum absolute atomic E-state index is 11.0. The van der Waals surface area contributed by atoms with E-state index >= 15 is 0 Å². The van der Waals surface area contributed by atoms with Gasteiger partial charge >= 0.3 is 0 Å². The highest BCUT2D eigenvalue weighted by molar-refractivity contribution is 7.90. The molecule has 17 heavy (non-hydrogen) atoms. The summed E-state index contributed by atoms with van der Waals surface area (Å²) in [5, 5.41) is 3.42. The Morgan fingerprint density at radius 1 is 1.29 bits per heavy atom. The van der Waals surface area contributed by atoms with Gasteiger partial charge in [-0.15, -0.1) is 0 Å². The Bertz CT molecular complexity index is 337. The molecule has 0 fully saturated rings. The molecule has 3 nitrogen and oxygen atoms in total. The van der Waals surface area contributed by atoms with Crippen molar-refractivity contribution in [1.29, 1.82) is 0 Å². The number of hydrogen-bond donors (Lipinski definition) is 1. The summed E-state index contributed by atoms with van der Waals surface area (Å²) in [4.78, 5) is 0. The summed E-state index contributed by atoms with van der Waals surface area (Å²) in [6, 6.07) is 0. The minimum atomic E-state index is -2.80. The van der Waals surface area contributed by atoms with Crippen LogP contribution in [0.15, 0.2) is 11.6 Å². The Balaban J connectivity index is 3.73. The quantitative estimate of drug-likeness (QED) is 0.566. The van der Waals surface area contributed by atoms with Crippen molar-refractivity contribution in [3.8, 4) is 0 Å². The van der Waals surface area contributed by atoms with Crippen LogP contribution in [0.1, 0.15) is 47.0 Å². The van der Waals surface area contributed by atoms with E-state index in [0.29, 0.717) is 5.75 Å². The molecule has 0 aliphatic rings. The first kappa shape index (κ1) is 16.6. The SMILES string of the molecule is CC(=CCCNC(C)(C)C)CCCS(C)(=O)=O. The van der Waals surface area contributed by atoms with Crippen molar-refractivity contribution < 1.29 is 8.42 Å². The summed E-state index contributed by atoms with van der Waals surface area (Å²) in [5.41, 5.74) is 1.45. The van der Waals surface area contributed by atoms with Gasteiger partial charge in [0.15, 0.2) is 0 Å². The van der Waals surface area contributed by atoms with Crippen LogP contribution < -0.4 is 5.32 Å². The van der Waals surface area contributed by atoms with Gasteiger partial charge in [0.25, 0.3) is 0 Å². The number of rotatable bonds is 7. The molecule has 0 rings (SSSR count). The molecule has 0 unspecified atom stereocenters. The molecule has 0 aromatic carbocycles. The Labute approximate surface area is 107 Å². The van der Waals surface area contributed by atoms with Crippen molar-refractivity contribution in [3.63, 3.8) is 0 Å². The predicted octanol–water partition coefficient (Wildman–Crippen LogP) is 2.54. The van der Waals surface area contributed by atoms with Gasteiger partial charge in [-0.2, -0.15) is 0 Å². The van der Waals surface area contributed by atoms with Gasteiger partial charge in [0.1, 0.15) is 9.84 Å². The first-order chi connectivity index (χ1) is 7.60. The lowest BCUT2D eigenvalue weighted by Crippen LogP contribution is -2.36. The molecule has 0 heterocycles. The Morgan fingerprint density at radius 3 is 2.35 bits per heavy atom. The van der Waals surface area contributed by atoms with Crippen LogP contribution in [0, 0.1) is 0 Å². The molecule has 0 saturated heterocycles. The molecule has 0 radical (unpaired) electrons. The zero-order valence-electron chi connectivity index (χ0n) is 11.8. The Kier molecular flexibility index (Phi) is 7.02. The van der Waals surface area contributed by atoms with Crippen molar-refractivity contribution in [1.82, 2.24) is 5.32 Å². The van der Waals surface area contributed by atoms with E-state index < -0.39 is 9.84 Å². The smallest absolute Gasteiger partial charge is 0.147 e. The lowest BCUT2D eigenvalue weighted by Gasteiger charge is -2.19. The van der Waals surface area contributed by atoms with Crippen LogP contribution in [-0.2, 0) is 9.84 Å². The normalized spacial score (nSPS) is 14.1. The summed E-state index contributed by atoms with van der Waals surface area (Å²) < 4.78 is 21.9. The third kappa shape index (κ3) is 13.6. The number of nitrogens with one attached hydrogen (secondary N) is 1. The lowest BCUT2D eigenvalue weighted by molar-refractivity contribution is 0.431. The van der Waals surface area contributed by atoms with Gasteiger partial charge in [0.05, 0.1) is 5.75 Å². The van der Waals surface area contributed by atoms with Crippen LogP contribution in [0.4, 0.5) is 0 Å². The maximum atomic E-state index is 11.0. The van der Waals surface area contributed by atoms with E-state index in [1.165, 1.54) is 11.8 Å². The summed E-state index contributed by atoms with van der Waals surface area (Å²) in [5.74, 6) is 0.290. The second-order valence-corrected chi connectivity index (χ2v) is 8.01. The fraction of sp³-hybridized carbons (Fsp3) is 0.846. The van der Waals surface area contributed by atoms with Crippen LogP contribution in [0.2, 0.25) is 0 Å². The fourth-order valence-electron chi connectivity index (χ4n) is 1.48. The topological polar surface area (TPSA) is 46.2 Å². The van der Waals surface area contributed by atoms with Gasteiger partial charge in [0.2, 0.25) is 0 Å². The molecule has 0 saturated carbocycles. The third-order valence-corrected chi connectivity index (χ3v) is 3.41. The first-order valence-electron chi connectivity index (χ1n) is 6.18. The lowest BCUT2D eigenvalue weighted by atomic mass is 10.1. The minimum absolute atomic E-state index is 0.165. The molecule has 102 valence electrons. The number of hydrogen-bond acceptors (Lipinski definition) is 3. The largest absolute Gasteiger partial charge is 0.312 e. The highest BCUT2D eigenvalue weighted by atomic mass is 32.2. The van der Waals surface area contributed by atoms with E-state index in [2.05, 4.69) is 39.1 Å². The highest BCUT2D eigenvalue weighted by Crippen LogP contribution is 2.07. The molecule has 1 N–H and O–H groups in total. The highest BCUT2D eigenvalue weighted by Gasteiger charge is 2.06. The van der Waals surface area contributed by atoms with E-state index in [4.69, 9.17) is 0 Å². The van der Waals surface area contributed by atoms with Crippen molar-refractivity contribution >= 4 is 9.84 Å². The van der Waals surface area contributed by atoms with E-state index in [0.717, 1.165) is 25.8 Å². The van der Waals surface area contributed by atoms with Crippen LogP contribution >= 0.6 is 0 Å². The van der Waals surface area contributed by atoms with E-state index in [1.807, 2.05) is 0 Å². The van der Waals surface area contributed by atoms with Gasteiger partial charge in [0, 0.05) is 11.8 Å². The molecular formula is C13H27NO2S. The van der Waals surface area contributed by atoms with Gasteiger partial charge in [-0.25, -0.2) is 8.42 Å². The van der Waals surface area contributed by atoms with Gasteiger partial charge < -0.3 is 5.32 Å². The second-order valence-electron chi connectivity index (χ2n) is 5.75. The summed E-state index contributed by atoms with van der Waals surface area (Å²) in [6.07, 6.45) is 6.10. The summed E-state index contributed by atoms with van der Waals surface area (Å²) >= 11 is 0. The molecule has 0 aliphatic carbocycles.